The summed E-state index contributed by atoms with van der Waals surface area (Å²) in [6.45, 7) is 1.44. The number of benzene rings is 1. The summed E-state index contributed by atoms with van der Waals surface area (Å²) in [6, 6.07) is 10.1. The lowest BCUT2D eigenvalue weighted by Crippen LogP contribution is -2.05. The van der Waals surface area contributed by atoms with E-state index in [0.717, 1.165) is 5.56 Å². The van der Waals surface area contributed by atoms with Crippen molar-refractivity contribution in [1.82, 2.24) is 20.2 Å². The number of carbonyl (C=O) groups is 1. The molecule has 9 nitrogen and oxygen atoms in total. The van der Waals surface area contributed by atoms with Crippen molar-refractivity contribution >= 4 is 29.0 Å². The normalized spacial score (nSPS) is 10.4. The van der Waals surface area contributed by atoms with E-state index in [1.165, 1.54) is 30.9 Å². The molecule has 0 bridgehead atoms. The molecule has 0 unspecified atom stereocenters. The molecule has 0 radical (unpaired) electrons. The van der Waals surface area contributed by atoms with Crippen molar-refractivity contribution in [3.05, 3.63) is 52.7 Å². The maximum atomic E-state index is 11.0. The molecule has 3 aromatic rings. The van der Waals surface area contributed by atoms with Gasteiger partial charge in [-0.2, -0.15) is 0 Å². The lowest BCUT2D eigenvalue weighted by atomic mass is 10.2. The molecule has 2 N–H and O–H groups in total. The van der Waals surface area contributed by atoms with Gasteiger partial charge >= 0.3 is 0 Å². The van der Waals surface area contributed by atoms with Gasteiger partial charge in [0.1, 0.15) is 11.2 Å². The molecule has 2 aromatic heterocycles. The van der Waals surface area contributed by atoms with Gasteiger partial charge in [0.05, 0.1) is 4.92 Å². The second-order valence-electron chi connectivity index (χ2n) is 4.94. The highest BCUT2D eigenvalue weighted by Crippen LogP contribution is 2.26. The number of hydrogen-bond donors (Lipinski definition) is 2. The van der Waals surface area contributed by atoms with E-state index in [2.05, 4.69) is 25.5 Å². The van der Waals surface area contributed by atoms with Crippen LogP contribution in [0, 0.1) is 10.1 Å². The Labute approximate surface area is 146 Å². The van der Waals surface area contributed by atoms with Gasteiger partial charge in [0.2, 0.25) is 11.1 Å². The number of pyridine rings is 1. The molecule has 3 rings (SSSR count). The summed E-state index contributed by atoms with van der Waals surface area (Å²) < 4.78 is 0. The van der Waals surface area contributed by atoms with Gasteiger partial charge in [-0.15, -0.1) is 5.10 Å². The van der Waals surface area contributed by atoms with Crippen molar-refractivity contribution in [1.29, 1.82) is 0 Å². The highest BCUT2D eigenvalue weighted by Gasteiger charge is 2.10. The number of carbonyl (C=O) groups excluding carboxylic acids is 1. The Hall–Kier alpha value is -3.27. The SMILES string of the molecule is CC(=O)Nc1ccc(-c2nc(Sc3ccc([N+](=O)[O-])cn3)n[nH]2)cc1. The van der Waals surface area contributed by atoms with Crippen LogP contribution < -0.4 is 5.32 Å². The van der Waals surface area contributed by atoms with Crippen LogP contribution in [0.5, 0.6) is 0 Å². The summed E-state index contributed by atoms with van der Waals surface area (Å²) >= 11 is 1.19. The second kappa shape index (κ2) is 7.09. The summed E-state index contributed by atoms with van der Waals surface area (Å²) in [6.07, 6.45) is 1.19. The predicted octanol–water partition coefficient (Wildman–Crippen LogP) is 2.88. The smallest absolute Gasteiger partial charge is 0.287 e. The van der Waals surface area contributed by atoms with E-state index in [0.29, 0.717) is 21.7 Å². The van der Waals surface area contributed by atoms with Crippen LogP contribution in [0.2, 0.25) is 0 Å². The Morgan fingerprint density at radius 1 is 1.24 bits per heavy atom. The number of H-pyrrole nitrogens is 1. The molecule has 0 aliphatic carbocycles. The van der Waals surface area contributed by atoms with Crippen molar-refractivity contribution in [3.8, 4) is 11.4 Å². The first-order valence-electron chi connectivity index (χ1n) is 7.10. The summed E-state index contributed by atoms with van der Waals surface area (Å²) in [5.41, 5.74) is 1.44. The zero-order valence-corrected chi connectivity index (χ0v) is 13.8. The molecule has 0 aliphatic rings. The Morgan fingerprint density at radius 3 is 2.60 bits per heavy atom. The van der Waals surface area contributed by atoms with E-state index in [1.807, 2.05) is 12.1 Å². The van der Waals surface area contributed by atoms with Gasteiger partial charge in [-0.05, 0) is 42.1 Å². The maximum absolute atomic E-state index is 11.0. The predicted molar refractivity (Wildman–Crippen MR) is 91.1 cm³/mol. The highest BCUT2D eigenvalue weighted by atomic mass is 32.2. The van der Waals surface area contributed by atoms with Gasteiger partial charge in [-0.1, -0.05) is 0 Å². The lowest BCUT2D eigenvalue weighted by molar-refractivity contribution is -0.385. The van der Waals surface area contributed by atoms with Gasteiger partial charge < -0.3 is 5.32 Å². The minimum atomic E-state index is -0.503. The number of nitro groups is 1. The fraction of sp³-hybridized carbons (Fsp3) is 0.0667. The van der Waals surface area contributed by atoms with Crippen LogP contribution in [-0.4, -0.2) is 31.0 Å². The number of rotatable bonds is 5. The van der Waals surface area contributed by atoms with Crippen molar-refractivity contribution in [3.63, 3.8) is 0 Å². The van der Waals surface area contributed by atoms with E-state index in [9.17, 15) is 14.9 Å². The second-order valence-corrected chi connectivity index (χ2v) is 5.93. The molecule has 126 valence electrons. The molecule has 1 aromatic carbocycles. The van der Waals surface area contributed by atoms with Crippen molar-refractivity contribution in [2.75, 3.05) is 5.32 Å². The van der Waals surface area contributed by atoms with E-state index < -0.39 is 4.92 Å². The van der Waals surface area contributed by atoms with Crippen LogP contribution >= 0.6 is 11.8 Å². The standard InChI is InChI=1S/C15H12N6O3S/c1-9(22)17-11-4-2-10(3-5-11)14-18-15(20-19-14)25-13-7-6-12(8-16-13)21(23)24/h2-8H,1H3,(H,17,22)(H,18,19,20). The molecule has 0 fully saturated rings. The van der Waals surface area contributed by atoms with Crippen LogP contribution in [0.1, 0.15) is 6.92 Å². The first kappa shape index (κ1) is 16.6. The molecule has 0 saturated heterocycles. The molecule has 1 amide bonds. The zero-order chi connectivity index (χ0) is 17.8. The fourth-order valence-corrected chi connectivity index (χ4v) is 2.63. The number of aromatic nitrogens is 4. The third-order valence-electron chi connectivity index (χ3n) is 3.07. The monoisotopic (exact) mass is 356 g/mol. The highest BCUT2D eigenvalue weighted by molar-refractivity contribution is 7.99. The Morgan fingerprint density at radius 2 is 2.00 bits per heavy atom. The molecule has 0 aliphatic heterocycles. The van der Waals surface area contributed by atoms with Crippen molar-refractivity contribution in [2.45, 2.75) is 17.1 Å². The van der Waals surface area contributed by atoms with Crippen molar-refractivity contribution < 1.29 is 9.72 Å². The Kier molecular flexibility index (Phi) is 4.70. The number of amides is 1. The van der Waals surface area contributed by atoms with Gasteiger partial charge in [-0.25, -0.2) is 9.97 Å². The topological polar surface area (TPSA) is 127 Å². The molecule has 0 atom stereocenters. The van der Waals surface area contributed by atoms with Crippen molar-refractivity contribution in [2.24, 2.45) is 0 Å². The summed E-state index contributed by atoms with van der Waals surface area (Å²) in [5.74, 6) is 0.431. The number of hydrogen-bond acceptors (Lipinski definition) is 7. The average Bonchev–Trinajstić information content (AvgIpc) is 3.04. The number of anilines is 1. The van der Waals surface area contributed by atoms with Gasteiger partial charge in [0.15, 0.2) is 5.82 Å². The lowest BCUT2D eigenvalue weighted by Gasteiger charge is -2.02. The van der Waals surface area contributed by atoms with E-state index in [-0.39, 0.29) is 11.6 Å². The van der Waals surface area contributed by atoms with E-state index >= 15 is 0 Å². The minimum Gasteiger partial charge on any atom is -0.326 e. The van der Waals surface area contributed by atoms with E-state index in [4.69, 9.17) is 0 Å². The molecule has 25 heavy (non-hydrogen) atoms. The average molecular weight is 356 g/mol. The minimum absolute atomic E-state index is 0.0701. The third-order valence-corrected chi connectivity index (χ3v) is 3.89. The first-order valence-corrected chi connectivity index (χ1v) is 7.91. The van der Waals surface area contributed by atoms with Gasteiger partial charge in [0, 0.05) is 24.2 Å². The Bertz CT molecular complexity index is 908. The van der Waals surface area contributed by atoms with Crippen LogP contribution in [0.15, 0.2) is 52.8 Å². The van der Waals surface area contributed by atoms with Crippen LogP contribution in [-0.2, 0) is 4.79 Å². The number of nitrogens with zero attached hydrogens (tertiary/aromatic N) is 4. The third kappa shape index (κ3) is 4.18. The van der Waals surface area contributed by atoms with Crippen LogP contribution in [0.25, 0.3) is 11.4 Å². The zero-order valence-electron chi connectivity index (χ0n) is 13.0. The molecule has 0 saturated carbocycles. The van der Waals surface area contributed by atoms with Crippen LogP contribution in [0.3, 0.4) is 0 Å². The quantitative estimate of drug-likeness (QED) is 0.531. The number of nitrogens with one attached hydrogen (secondary N) is 2. The first-order chi connectivity index (χ1) is 12.0. The van der Waals surface area contributed by atoms with E-state index in [1.54, 1.807) is 18.2 Å². The fourth-order valence-electron chi connectivity index (χ4n) is 1.97. The van der Waals surface area contributed by atoms with Crippen LogP contribution in [0.4, 0.5) is 11.4 Å². The Balaban J connectivity index is 1.71. The molecule has 10 heteroatoms. The summed E-state index contributed by atoms with van der Waals surface area (Å²) in [7, 11) is 0. The van der Waals surface area contributed by atoms with Gasteiger partial charge in [0.25, 0.3) is 5.69 Å². The largest absolute Gasteiger partial charge is 0.326 e. The molecular formula is C15H12N6O3S. The summed E-state index contributed by atoms with van der Waals surface area (Å²) in [5, 5.41) is 21.2. The molecule has 2 heterocycles. The molecular weight excluding hydrogens is 344 g/mol. The number of aromatic amines is 1. The molecule has 0 spiro atoms. The maximum Gasteiger partial charge on any atom is 0.287 e. The summed E-state index contributed by atoms with van der Waals surface area (Å²) in [4.78, 5) is 29.5. The van der Waals surface area contributed by atoms with Gasteiger partial charge in [-0.3, -0.25) is 20.0 Å².